The number of halogens is 6. The summed E-state index contributed by atoms with van der Waals surface area (Å²) in [6.07, 6.45) is -10.8. The van der Waals surface area contributed by atoms with Crippen molar-refractivity contribution in [3.05, 3.63) is 82.4 Å². The Bertz CT molecular complexity index is 1370. The van der Waals surface area contributed by atoms with Gasteiger partial charge in [0, 0.05) is 11.6 Å². The fourth-order valence-electron chi connectivity index (χ4n) is 3.72. The maximum atomic E-state index is 13.7. The Morgan fingerprint density at radius 1 is 0.711 bits per heavy atom. The van der Waals surface area contributed by atoms with Crippen LogP contribution in [0.15, 0.2) is 54.6 Å². The molecular weight excluding hydrogens is 541 g/mol. The highest BCUT2D eigenvalue weighted by Gasteiger charge is 2.50. The van der Waals surface area contributed by atoms with Crippen molar-refractivity contribution in [1.29, 1.82) is 0 Å². The van der Waals surface area contributed by atoms with Gasteiger partial charge in [0.2, 0.25) is 5.78 Å². The molecular formula is C25H18F6O6P+. The first-order chi connectivity index (χ1) is 17.8. The summed E-state index contributed by atoms with van der Waals surface area (Å²) in [5.74, 6) is -1.90. The first-order valence-corrected chi connectivity index (χ1v) is 11.8. The van der Waals surface area contributed by atoms with Crippen molar-refractivity contribution in [3.63, 3.8) is 0 Å². The van der Waals surface area contributed by atoms with Crippen molar-refractivity contribution in [1.82, 2.24) is 0 Å². The minimum absolute atomic E-state index is 0.101. The average molecular weight is 559 g/mol. The highest BCUT2D eigenvalue weighted by molar-refractivity contribution is 7.72. The number of alkyl halides is 6. The molecule has 0 N–H and O–H groups in total. The number of rotatable bonds is 8. The van der Waals surface area contributed by atoms with Gasteiger partial charge in [0.25, 0.3) is 5.30 Å². The molecule has 200 valence electrons. The summed E-state index contributed by atoms with van der Waals surface area (Å²) in [4.78, 5) is 26.5. The molecule has 1 atom stereocenters. The van der Waals surface area contributed by atoms with Crippen molar-refractivity contribution in [2.24, 2.45) is 0 Å². The quantitative estimate of drug-likeness (QED) is 0.184. The van der Waals surface area contributed by atoms with E-state index in [9.17, 15) is 40.5 Å². The summed E-state index contributed by atoms with van der Waals surface area (Å²) in [7, 11) is -0.528. The molecule has 0 aromatic heterocycles. The van der Waals surface area contributed by atoms with Crippen molar-refractivity contribution < 1.29 is 54.7 Å². The Morgan fingerprint density at radius 3 is 1.68 bits per heavy atom. The summed E-state index contributed by atoms with van der Waals surface area (Å²) in [6, 6.07) is 9.61. The Kier molecular flexibility index (Phi) is 8.16. The normalized spacial score (nSPS) is 12.1. The van der Waals surface area contributed by atoms with Crippen LogP contribution in [0.2, 0.25) is 0 Å². The monoisotopic (exact) mass is 559 g/mol. The van der Waals surface area contributed by atoms with Gasteiger partial charge in [-0.15, -0.1) is 0 Å². The zero-order valence-corrected chi connectivity index (χ0v) is 20.8. The lowest BCUT2D eigenvalue weighted by atomic mass is 10.0. The van der Waals surface area contributed by atoms with Crippen LogP contribution in [0.5, 0.6) is 17.2 Å². The van der Waals surface area contributed by atoms with E-state index in [1.165, 1.54) is 31.4 Å². The molecule has 0 saturated heterocycles. The topological polar surface area (TPSA) is 78.9 Å². The molecule has 0 bridgehead atoms. The smallest absolute Gasteiger partial charge is 0.466 e. The van der Waals surface area contributed by atoms with Crippen molar-refractivity contribution in [2.45, 2.75) is 12.4 Å². The Balaban J connectivity index is 2.34. The highest BCUT2D eigenvalue weighted by Crippen LogP contribution is 2.46. The van der Waals surface area contributed by atoms with Crippen LogP contribution >= 0.6 is 7.80 Å². The van der Waals surface area contributed by atoms with E-state index in [4.69, 9.17) is 14.2 Å². The average Bonchev–Trinajstić information content (AvgIpc) is 2.89. The molecule has 0 aliphatic heterocycles. The summed E-state index contributed by atoms with van der Waals surface area (Å²) >= 11 is 0. The molecule has 6 nitrogen and oxygen atoms in total. The van der Waals surface area contributed by atoms with Gasteiger partial charge in [-0.3, -0.25) is 4.79 Å². The van der Waals surface area contributed by atoms with E-state index in [0.29, 0.717) is 6.07 Å². The van der Waals surface area contributed by atoms with Crippen LogP contribution in [0.25, 0.3) is 0 Å². The van der Waals surface area contributed by atoms with E-state index in [1.807, 2.05) is 0 Å². The number of carbonyl (C=O) groups is 2. The predicted molar refractivity (Wildman–Crippen MR) is 124 cm³/mol. The maximum Gasteiger partial charge on any atom is 0.466 e. The van der Waals surface area contributed by atoms with Gasteiger partial charge in [-0.25, -0.2) is 4.79 Å². The predicted octanol–water partition coefficient (Wildman–Crippen LogP) is 6.27. The Morgan fingerprint density at radius 2 is 1.24 bits per heavy atom. The molecule has 1 unspecified atom stereocenters. The SMILES string of the molecule is COc1cc(OC)c([P+](=O)C(=O)c2c(C(F)(F)F)cccc2C(F)(F)F)c(OC)c1C(=O)c1ccccc1. The molecule has 0 radical (unpaired) electrons. The van der Waals surface area contributed by atoms with Crippen molar-refractivity contribution >= 4 is 24.4 Å². The van der Waals surface area contributed by atoms with Gasteiger partial charge in [0.05, 0.1) is 38.0 Å². The molecule has 0 aliphatic rings. The number of methoxy groups -OCH3 is 3. The van der Waals surface area contributed by atoms with E-state index in [2.05, 4.69) is 0 Å². The van der Waals surface area contributed by atoms with Gasteiger partial charge in [-0.1, -0.05) is 41.0 Å². The molecule has 3 rings (SSSR count). The lowest BCUT2D eigenvalue weighted by Gasteiger charge is -2.16. The summed E-state index contributed by atoms with van der Waals surface area (Å²) in [6.45, 7) is 0. The minimum atomic E-state index is -5.38. The molecule has 0 fully saturated rings. The minimum Gasteiger partial charge on any atom is -0.496 e. The zero-order valence-electron chi connectivity index (χ0n) is 19.9. The third-order valence-electron chi connectivity index (χ3n) is 5.37. The van der Waals surface area contributed by atoms with Crippen LogP contribution in [0, 0.1) is 0 Å². The Hall–Kier alpha value is -3.92. The van der Waals surface area contributed by atoms with Gasteiger partial charge in [0.1, 0.15) is 11.3 Å². The fourth-order valence-corrected chi connectivity index (χ4v) is 5.11. The molecule has 3 aromatic carbocycles. The number of hydrogen-bond donors (Lipinski definition) is 0. The van der Waals surface area contributed by atoms with Crippen LogP contribution in [-0.4, -0.2) is 32.6 Å². The third kappa shape index (κ3) is 5.35. The van der Waals surface area contributed by atoms with E-state index >= 15 is 0 Å². The molecule has 0 heterocycles. The second kappa shape index (κ2) is 10.8. The van der Waals surface area contributed by atoms with Gasteiger partial charge in [-0.2, -0.15) is 26.3 Å². The summed E-state index contributed by atoms with van der Waals surface area (Å²) < 4.78 is 111. The second-order valence-corrected chi connectivity index (χ2v) is 9.00. The van der Waals surface area contributed by atoms with Crippen LogP contribution in [0.1, 0.15) is 37.4 Å². The van der Waals surface area contributed by atoms with Crippen LogP contribution in [-0.2, 0) is 16.9 Å². The largest absolute Gasteiger partial charge is 0.496 e. The number of benzene rings is 3. The van der Waals surface area contributed by atoms with E-state index in [0.717, 1.165) is 20.3 Å². The lowest BCUT2D eigenvalue weighted by Crippen LogP contribution is -2.21. The Labute approximate surface area is 212 Å². The third-order valence-corrected chi connectivity index (χ3v) is 6.79. The first kappa shape index (κ1) is 28.6. The van der Waals surface area contributed by atoms with E-state index < -0.39 is 65.0 Å². The van der Waals surface area contributed by atoms with Crippen LogP contribution < -0.4 is 19.5 Å². The number of carbonyl (C=O) groups excluding carboxylic acids is 2. The van der Waals surface area contributed by atoms with Gasteiger partial charge >= 0.3 is 25.7 Å². The first-order valence-electron chi connectivity index (χ1n) is 10.5. The molecule has 38 heavy (non-hydrogen) atoms. The van der Waals surface area contributed by atoms with Crippen molar-refractivity contribution in [3.8, 4) is 17.2 Å². The van der Waals surface area contributed by atoms with Crippen molar-refractivity contribution in [2.75, 3.05) is 21.3 Å². The van der Waals surface area contributed by atoms with Crippen LogP contribution in [0.3, 0.4) is 0 Å². The highest BCUT2D eigenvalue weighted by atomic mass is 31.1. The fraction of sp³-hybridized carbons (Fsp3) is 0.200. The number of hydrogen-bond acceptors (Lipinski definition) is 6. The zero-order chi connectivity index (χ0) is 28.4. The summed E-state index contributed by atoms with van der Waals surface area (Å²) in [5, 5.41) is -0.708. The number of ether oxygens (including phenoxy) is 3. The molecule has 0 spiro atoms. The standard InChI is InChI=1S/C25H18F6O6P/c1-35-16-12-17(36-2)22(21(37-3)19(16)20(32)13-8-5-4-6-9-13)38(34)23(33)18-14(24(26,27)28)10-7-11-15(18)25(29,30)31/h4-12H,1-3H3/q+1. The second-order valence-electron chi connectivity index (χ2n) is 7.56. The molecule has 0 aliphatic carbocycles. The molecule has 3 aromatic rings. The molecule has 0 saturated carbocycles. The van der Waals surface area contributed by atoms with Gasteiger partial charge in [0.15, 0.2) is 11.5 Å². The summed E-state index contributed by atoms with van der Waals surface area (Å²) in [5.41, 5.74) is -7.93. The number of ketones is 1. The van der Waals surface area contributed by atoms with Gasteiger partial charge in [-0.05, 0) is 12.1 Å². The molecule has 0 amide bonds. The lowest BCUT2D eigenvalue weighted by molar-refractivity contribution is -0.143. The van der Waals surface area contributed by atoms with Gasteiger partial charge < -0.3 is 14.2 Å². The molecule has 13 heteroatoms. The van der Waals surface area contributed by atoms with E-state index in [1.54, 1.807) is 6.07 Å². The van der Waals surface area contributed by atoms with E-state index in [-0.39, 0.29) is 29.0 Å². The maximum absolute atomic E-state index is 13.7. The van der Waals surface area contributed by atoms with Crippen LogP contribution in [0.4, 0.5) is 26.3 Å².